The second kappa shape index (κ2) is 6.42. The van der Waals surface area contributed by atoms with Crippen LogP contribution < -0.4 is 5.32 Å². The number of rotatable bonds is 3. The van der Waals surface area contributed by atoms with Crippen molar-refractivity contribution in [3.63, 3.8) is 0 Å². The van der Waals surface area contributed by atoms with E-state index in [9.17, 15) is 4.79 Å². The van der Waals surface area contributed by atoms with Gasteiger partial charge >= 0.3 is 0 Å². The zero-order chi connectivity index (χ0) is 16.4. The van der Waals surface area contributed by atoms with E-state index in [1.807, 2.05) is 55.5 Å². The molecule has 1 N–H and O–H groups in total. The summed E-state index contributed by atoms with van der Waals surface area (Å²) in [5, 5.41) is 2.91. The minimum absolute atomic E-state index is 0.166. The third-order valence-corrected chi connectivity index (χ3v) is 4.10. The van der Waals surface area contributed by atoms with E-state index < -0.39 is 0 Å². The van der Waals surface area contributed by atoms with Crippen LogP contribution in [-0.2, 0) is 0 Å². The van der Waals surface area contributed by atoms with Crippen LogP contribution in [0.5, 0.6) is 0 Å². The van der Waals surface area contributed by atoms with Crippen LogP contribution in [0.2, 0.25) is 0 Å². The molecule has 0 fully saturated rings. The standard InChI is InChI=1S/C19H16BrNO2/c1-12-4-3-5-16(10-12)21-19(22)17-11-18(23-13(17)2)14-6-8-15(20)9-7-14/h3-11H,1-2H3,(H,21,22). The number of hydrogen-bond donors (Lipinski definition) is 1. The van der Waals surface area contributed by atoms with Crippen LogP contribution in [0.1, 0.15) is 21.7 Å². The van der Waals surface area contributed by atoms with Crippen LogP contribution in [-0.4, -0.2) is 5.91 Å². The van der Waals surface area contributed by atoms with Crippen molar-refractivity contribution >= 4 is 27.5 Å². The molecular weight excluding hydrogens is 354 g/mol. The topological polar surface area (TPSA) is 42.2 Å². The third-order valence-electron chi connectivity index (χ3n) is 3.57. The summed E-state index contributed by atoms with van der Waals surface area (Å²) in [6.45, 7) is 3.79. The fourth-order valence-corrected chi connectivity index (χ4v) is 2.65. The van der Waals surface area contributed by atoms with Crippen LogP contribution in [0.25, 0.3) is 11.3 Å². The first-order valence-corrected chi connectivity index (χ1v) is 8.06. The van der Waals surface area contributed by atoms with Gasteiger partial charge in [0, 0.05) is 15.7 Å². The van der Waals surface area contributed by atoms with E-state index in [1.54, 1.807) is 13.0 Å². The minimum Gasteiger partial charge on any atom is -0.461 e. The van der Waals surface area contributed by atoms with Crippen LogP contribution in [0.4, 0.5) is 5.69 Å². The van der Waals surface area contributed by atoms with Crippen molar-refractivity contribution in [2.24, 2.45) is 0 Å². The highest BCUT2D eigenvalue weighted by atomic mass is 79.9. The van der Waals surface area contributed by atoms with Gasteiger partial charge in [-0.3, -0.25) is 4.79 Å². The third kappa shape index (κ3) is 3.54. The van der Waals surface area contributed by atoms with Crippen molar-refractivity contribution in [3.8, 4) is 11.3 Å². The maximum atomic E-state index is 12.5. The highest BCUT2D eigenvalue weighted by Crippen LogP contribution is 2.27. The molecule has 0 radical (unpaired) electrons. The second-order valence-electron chi connectivity index (χ2n) is 5.41. The maximum absolute atomic E-state index is 12.5. The molecule has 0 spiro atoms. The van der Waals surface area contributed by atoms with Gasteiger partial charge in [-0.2, -0.15) is 0 Å². The quantitative estimate of drug-likeness (QED) is 0.654. The molecule has 23 heavy (non-hydrogen) atoms. The molecule has 3 aromatic rings. The Labute approximate surface area is 143 Å². The number of carbonyl (C=O) groups excluding carboxylic acids is 1. The minimum atomic E-state index is -0.166. The van der Waals surface area contributed by atoms with Gasteiger partial charge in [-0.25, -0.2) is 0 Å². The Morgan fingerprint density at radius 1 is 1.04 bits per heavy atom. The number of anilines is 1. The lowest BCUT2D eigenvalue weighted by atomic mass is 10.1. The van der Waals surface area contributed by atoms with Crippen molar-refractivity contribution in [1.29, 1.82) is 0 Å². The smallest absolute Gasteiger partial charge is 0.259 e. The summed E-state index contributed by atoms with van der Waals surface area (Å²) >= 11 is 3.41. The average molecular weight is 370 g/mol. The Morgan fingerprint density at radius 3 is 2.48 bits per heavy atom. The van der Waals surface area contributed by atoms with E-state index in [0.29, 0.717) is 17.1 Å². The highest BCUT2D eigenvalue weighted by molar-refractivity contribution is 9.10. The molecule has 116 valence electrons. The number of carbonyl (C=O) groups is 1. The van der Waals surface area contributed by atoms with Gasteiger partial charge in [0.2, 0.25) is 0 Å². The molecule has 3 nitrogen and oxygen atoms in total. The Morgan fingerprint density at radius 2 is 1.78 bits per heavy atom. The molecule has 1 amide bonds. The lowest BCUT2D eigenvalue weighted by Crippen LogP contribution is -2.12. The fourth-order valence-electron chi connectivity index (χ4n) is 2.39. The molecule has 3 rings (SSSR count). The largest absolute Gasteiger partial charge is 0.461 e. The van der Waals surface area contributed by atoms with Gasteiger partial charge < -0.3 is 9.73 Å². The molecule has 0 atom stereocenters. The first kappa shape index (κ1) is 15.6. The van der Waals surface area contributed by atoms with Gasteiger partial charge in [0.05, 0.1) is 5.56 Å². The zero-order valence-corrected chi connectivity index (χ0v) is 14.5. The van der Waals surface area contributed by atoms with Gasteiger partial charge in [0.25, 0.3) is 5.91 Å². The Bertz CT molecular complexity index is 850. The Balaban J connectivity index is 1.85. The van der Waals surface area contributed by atoms with E-state index in [4.69, 9.17) is 4.42 Å². The van der Waals surface area contributed by atoms with E-state index >= 15 is 0 Å². The number of amides is 1. The van der Waals surface area contributed by atoms with E-state index in [0.717, 1.165) is 21.3 Å². The summed E-state index contributed by atoms with van der Waals surface area (Å²) in [6, 6.07) is 17.3. The van der Waals surface area contributed by atoms with Crippen molar-refractivity contribution < 1.29 is 9.21 Å². The normalized spacial score (nSPS) is 10.6. The van der Waals surface area contributed by atoms with Crippen molar-refractivity contribution in [2.75, 3.05) is 5.32 Å². The highest BCUT2D eigenvalue weighted by Gasteiger charge is 2.16. The van der Waals surface area contributed by atoms with Crippen molar-refractivity contribution in [2.45, 2.75) is 13.8 Å². The molecule has 2 aromatic carbocycles. The molecule has 1 aromatic heterocycles. The zero-order valence-electron chi connectivity index (χ0n) is 12.9. The summed E-state index contributed by atoms with van der Waals surface area (Å²) in [5.74, 6) is 1.12. The van der Waals surface area contributed by atoms with Crippen molar-refractivity contribution in [1.82, 2.24) is 0 Å². The number of nitrogens with one attached hydrogen (secondary N) is 1. The van der Waals surface area contributed by atoms with E-state index in [2.05, 4.69) is 21.2 Å². The summed E-state index contributed by atoms with van der Waals surface area (Å²) in [7, 11) is 0. The maximum Gasteiger partial charge on any atom is 0.259 e. The van der Waals surface area contributed by atoms with Gasteiger partial charge in [-0.05, 0) is 49.7 Å². The van der Waals surface area contributed by atoms with Gasteiger partial charge in [-0.15, -0.1) is 0 Å². The molecule has 0 aliphatic rings. The lowest BCUT2D eigenvalue weighted by Gasteiger charge is -2.04. The molecular formula is C19H16BrNO2. The molecule has 1 heterocycles. The first-order chi connectivity index (χ1) is 11.0. The molecule has 4 heteroatoms. The predicted molar refractivity (Wildman–Crippen MR) is 95.7 cm³/mol. The number of benzene rings is 2. The van der Waals surface area contributed by atoms with Crippen LogP contribution in [0, 0.1) is 13.8 Å². The van der Waals surface area contributed by atoms with Crippen molar-refractivity contribution in [3.05, 3.63) is 76.0 Å². The predicted octanol–water partition coefficient (Wildman–Crippen LogP) is 5.58. The summed E-state index contributed by atoms with van der Waals surface area (Å²) in [6.07, 6.45) is 0. The molecule has 0 aliphatic carbocycles. The number of aryl methyl sites for hydroxylation is 2. The fraction of sp³-hybridized carbons (Fsp3) is 0.105. The van der Waals surface area contributed by atoms with Gasteiger partial charge in [0.15, 0.2) is 0 Å². The average Bonchev–Trinajstić information content (AvgIpc) is 2.90. The molecule has 0 aliphatic heterocycles. The number of hydrogen-bond acceptors (Lipinski definition) is 2. The number of furan rings is 1. The Kier molecular flexibility index (Phi) is 4.35. The molecule has 0 saturated carbocycles. The van der Waals surface area contributed by atoms with Gasteiger partial charge in [-0.1, -0.05) is 40.2 Å². The SMILES string of the molecule is Cc1cccc(NC(=O)c2cc(-c3ccc(Br)cc3)oc2C)c1. The van der Waals surface area contributed by atoms with Crippen LogP contribution in [0.15, 0.2) is 63.5 Å². The lowest BCUT2D eigenvalue weighted by molar-refractivity contribution is 0.102. The summed E-state index contributed by atoms with van der Waals surface area (Å²) in [4.78, 5) is 12.5. The van der Waals surface area contributed by atoms with E-state index in [1.165, 1.54) is 0 Å². The van der Waals surface area contributed by atoms with E-state index in [-0.39, 0.29) is 5.91 Å². The monoisotopic (exact) mass is 369 g/mol. The van der Waals surface area contributed by atoms with Gasteiger partial charge in [0.1, 0.15) is 11.5 Å². The van der Waals surface area contributed by atoms with Crippen LogP contribution in [0.3, 0.4) is 0 Å². The molecule has 0 bridgehead atoms. The first-order valence-electron chi connectivity index (χ1n) is 7.27. The summed E-state index contributed by atoms with van der Waals surface area (Å²) in [5.41, 5.74) is 3.36. The molecule has 0 unspecified atom stereocenters. The Hall–Kier alpha value is -2.33. The molecule has 0 saturated heterocycles. The van der Waals surface area contributed by atoms with Crippen LogP contribution >= 0.6 is 15.9 Å². The number of halogens is 1. The summed E-state index contributed by atoms with van der Waals surface area (Å²) < 4.78 is 6.75. The second-order valence-corrected chi connectivity index (χ2v) is 6.33.